The van der Waals surface area contributed by atoms with Crippen molar-refractivity contribution in [2.75, 3.05) is 0 Å². The van der Waals surface area contributed by atoms with Crippen LogP contribution in [0.2, 0.25) is 0 Å². The average molecular weight is 289 g/mol. The Hall–Kier alpha value is -1.62. The Bertz CT molecular complexity index is 576. The van der Waals surface area contributed by atoms with Crippen LogP contribution in [0.4, 0.5) is 0 Å². The molecule has 0 amide bonds. The lowest BCUT2D eigenvalue weighted by molar-refractivity contribution is 0.364. The molecule has 2 aromatic rings. The molecule has 116 valence electrons. The van der Waals surface area contributed by atoms with Gasteiger partial charge in [-0.3, -0.25) is 9.78 Å². The lowest BCUT2D eigenvalue weighted by atomic mass is 9.89. The minimum atomic E-state index is 0.0848. The van der Waals surface area contributed by atoms with Gasteiger partial charge in [0.1, 0.15) is 0 Å². The maximum Gasteiger partial charge on any atom is 0.0641 e. The molecule has 2 aromatic heterocycles. The zero-order valence-corrected chi connectivity index (χ0v) is 13.9. The molecule has 5 heteroatoms. The fraction of sp³-hybridized carbons (Fsp3) is 0.625. The molecule has 2 rings (SSSR count). The van der Waals surface area contributed by atoms with Gasteiger partial charge in [0.2, 0.25) is 0 Å². The molecule has 0 aliphatic rings. The van der Waals surface area contributed by atoms with Crippen molar-refractivity contribution in [1.29, 1.82) is 0 Å². The molecule has 2 heterocycles. The van der Waals surface area contributed by atoms with Crippen LogP contribution in [0.1, 0.15) is 57.5 Å². The SMILES string of the molecule is Cc1cnn([C@@H](C)[C@H](C)NCc2cn[nH]c2C(C)(C)C)c1. The van der Waals surface area contributed by atoms with Crippen LogP contribution in [0.3, 0.4) is 0 Å². The molecule has 21 heavy (non-hydrogen) atoms. The van der Waals surface area contributed by atoms with Crippen LogP contribution >= 0.6 is 0 Å². The number of aromatic amines is 1. The Morgan fingerprint density at radius 3 is 2.57 bits per heavy atom. The van der Waals surface area contributed by atoms with Crippen LogP contribution in [-0.2, 0) is 12.0 Å². The van der Waals surface area contributed by atoms with E-state index in [0.717, 1.165) is 6.54 Å². The standard InChI is InChI=1S/C16H27N5/c1-11-7-19-21(10-11)13(3)12(2)17-8-14-9-18-20-15(14)16(4,5)6/h7,9-10,12-13,17H,8H2,1-6H3,(H,18,20)/t12-,13-/m0/s1. The highest BCUT2D eigenvalue weighted by Gasteiger charge is 2.21. The van der Waals surface area contributed by atoms with Crippen LogP contribution < -0.4 is 5.32 Å². The van der Waals surface area contributed by atoms with Gasteiger partial charge in [-0.1, -0.05) is 20.8 Å². The van der Waals surface area contributed by atoms with Crippen molar-refractivity contribution >= 4 is 0 Å². The summed E-state index contributed by atoms with van der Waals surface area (Å²) in [7, 11) is 0. The second kappa shape index (κ2) is 6.02. The fourth-order valence-corrected chi connectivity index (χ4v) is 2.42. The molecule has 0 unspecified atom stereocenters. The zero-order valence-electron chi connectivity index (χ0n) is 13.9. The van der Waals surface area contributed by atoms with E-state index in [-0.39, 0.29) is 5.41 Å². The largest absolute Gasteiger partial charge is 0.308 e. The highest BCUT2D eigenvalue weighted by Crippen LogP contribution is 2.23. The predicted molar refractivity (Wildman–Crippen MR) is 85.3 cm³/mol. The van der Waals surface area contributed by atoms with Crippen LogP contribution in [-0.4, -0.2) is 26.0 Å². The molecule has 0 spiro atoms. The molecule has 0 saturated heterocycles. The van der Waals surface area contributed by atoms with Crippen LogP contribution in [0.15, 0.2) is 18.6 Å². The summed E-state index contributed by atoms with van der Waals surface area (Å²) in [5.74, 6) is 0. The van der Waals surface area contributed by atoms with E-state index < -0.39 is 0 Å². The monoisotopic (exact) mass is 289 g/mol. The number of aryl methyl sites for hydroxylation is 1. The first-order valence-electron chi connectivity index (χ1n) is 7.56. The molecule has 0 aliphatic carbocycles. The van der Waals surface area contributed by atoms with Gasteiger partial charge in [0, 0.05) is 35.5 Å². The number of H-pyrrole nitrogens is 1. The van der Waals surface area contributed by atoms with Crippen molar-refractivity contribution in [2.45, 2.75) is 65.6 Å². The third-order valence-corrected chi connectivity index (χ3v) is 3.95. The quantitative estimate of drug-likeness (QED) is 0.889. The minimum Gasteiger partial charge on any atom is -0.308 e. The Morgan fingerprint density at radius 2 is 2.00 bits per heavy atom. The lowest BCUT2D eigenvalue weighted by Gasteiger charge is -2.23. The maximum atomic E-state index is 4.40. The summed E-state index contributed by atoms with van der Waals surface area (Å²) in [6.07, 6.45) is 5.90. The number of hydrogen-bond acceptors (Lipinski definition) is 3. The van der Waals surface area contributed by atoms with E-state index in [1.807, 2.05) is 17.1 Å². The smallest absolute Gasteiger partial charge is 0.0641 e. The summed E-state index contributed by atoms with van der Waals surface area (Å²) in [4.78, 5) is 0. The van der Waals surface area contributed by atoms with E-state index in [2.05, 4.69) is 68.4 Å². The van der Waals surface area contributed by atoms with E-state index in [1.54, 1.807) is 0 Å². The third-order valence-electron chi connectivity index (χ3n) is 3.95. The van der Waals surface area contributed by atoms with Gasteiger partial charge in [-0.2, -0.15) is 10.2 Å². The van der Waals surface area contributed by atoms with Crippen molar-refractivity contribution in [3.05, 3.63) is 35.4 Å². The summed E-state index contributed by atoms with van der Waals surface area (Å²) in [6.45, 7) is 13.8. The van der Waals surface area contributed by atoms with E-state index in [1.165, 1.54) is 16.8 Å². The van der Waals surface area contributed by atoms with Gasteiger partial charge in [0.15, 0.2) is 0 Å². The number of hydrogen-bond donors (Lipinski definition) is 2. The summed E-state index contributed by atoms with van der Waals surface area (Å²) >= 11 is 0. The second-order valence-corrected chi connectivity index (χ2v) is 6.93. The van der Waals surface area contributed by atoms with Crippen molar-refractivity contribution in [3.8, 4) is 0 Å². The highest BCUT2D eigenvalue weighted by molar-refractivity contribution is 5.23. The third kappa shape index (κ3) is 3.73. The molecule has 0 saturated carbocycles. The summed E-state index contributed by atoms with van der Waals surface area (Å²) in [5.41, 5.74) is 3.71. The Labute approximate surface area is 127 Å². The molecule has 5 nitrogen and oxygen atoms in total. The van der Waals surface area contributed by atoms with Gasteiger partial charge >= 0.3 is 0 Å². The first kappa shape index (κ1) is 15.8. The highest BCUT2D eigenvalue weighted by atomic mass is 15.3. The van der Waals surface area contributed by atoms with Gasteiger partial charge in [-0.25, -0.2) is 0 Å². The molecule has 0 radical (unpaired) electrons. The molecule has 0 aliphatic heterocycles. The van der Waals surface area contributed by atoms with Crippen LogP contribution in [0, 0.1) is 6.92 Å². The van der Waals surface area contributed by atoms with E-state index >= 15 is 0 Å². The van der Waals surface area contributed by atoms with Crippen molar-refractivity contribution in [3.63, 3.8) is 0 Å². The minimum absolute atomic E-state index is 0.0848. The molecular weight excluding hydrogens is 262 g/mol. The molecule has 2 N–H and O–H groups in total. The van der Waals surface area contributed by atoms with Gasteiger partial charge in [0.05, 0.1) is 18.4 Å². The van der Waals surface area contributed by atoms with Crippen molar-refractivity contribution in [1.82, 2.24) is 25.3 Å². The molecule has 0 aromatic carbocycles. The molecular formula is C16H27N5. The number of rotatable bonds is 5. The van der Waals surface area contributed by atoms with Gasteiger partial charge in [-0.05, 0) is 26.3 Å². The van der Waals surface area contributed by atoms with Crippen LogP contribution in [0.25, 0.3) is 0 Å². The maximum absolute atomic E-state index is 4.40. The van der Waals surface area contributed by atoms with Gasteiger partial charge < -0.3 is 5.32 Å². The number of nitrogens with one attached hydrogen (secondary N) is 2. The van der Waals surface area contributed by atoms with Gasteiger partial charge in [-0.15, -0.1) is 0 Å². The first-order chi connectivity index (χ1) is 9.79. The molecule has 0 bridgehead atoms. The second-order valence-electron chi connectivity index (χ2n) is 6.93. The van der Waals surface area contributed by atoms with Crippen molar-refractivity contribution in [2.24, 2.45) is 0 Å². The van der Waals surface area contributed by atoms with E-state index in [4.69, 9.17) is 0 Å². The Morgan fingerprint density at radius 1 is 1.29 bits per heavy atom. The Kier molecular flexibility index (Phi) is 4.52. The topological polar surface area (TPSA) is 58.5 Å². The van der Waals surface area contributed by atoms with Gasteiger partial charge in [0.25, 0.3) is 0 Å². The number of nitrogens with zero attached hydrogens (tertiary/aromatic N) is 3. The average Bonchev–Trinajstić information content (AvgIpc) is 3.02. The first-order valence-corrected chi connectivity index (χ1v) is 7.56. The lowest BCUT2D eigenvalue weighted by Crippen LogP contribution is -2.34. The Balaban J connectivity index is 1.98. The summed E-state index contributed by atoms with van der Waals surface area (Å²) in [5, 5.41) is 15.3. The van der Waals surface area contributed by atoms with Crippen LogP contribution in [0.5, 0.6) is 0 Å². The fourth-order valence-electron chi connectivity index (χ4n) is 2.42. The summed E-state index contributed by atoms with van der Waals surface area (Å²) < 4.78 is 2.02. The van der Waals surface area contributed by atoms with Crippen molar-refractivity contribution < 1.29 is 0 Å². The van der Waals surface area contributed by atoms with E-state index in [9.17, 15) is 0 Å². The van der Waals surface area contributed by atoms with E-state index in [0.29, 0.717) is 12.1 Å². The normalized spacial score (nSPS) is 15.1. The predicted octanol–water partition coefficient (Wildman–Crippen LogP) is 2.95. The molecule has 0 fully saturated rings. The molecule has 2 atom stereocenters. The number of aromatic nitrogens is 4. The summed E-state index contributed by atoms with van der Waals surface area (Å²) in [6, 6.07) is 0.635. The zero-order chi connectivity index (χ0) is 15.6.